The molecule has 1 aromatic carbocycles. The SMILES string of the molecule is COCCNCCOc1c(F)cc(C)cc1F. The second kappa shape index (κ2) is 7.19. The minimum atomic E-state index is -0.667. The van der Waals surface area contributed by atoms with Gasteiger partial charge in [-0.3, -0.25) is 0 Å². The number of hydrogen-bond acceptors (Lipinski definition) is 3. The molecule has 1 N–H and O–H groups in total. The summed E-state index contributed by atoms with van der Waals surface area (Å²) < 4.78 is 36.6. The van der Waals surface area contributed by atoms with Crippen LogP contribution in [-0.4, -0.2) is 33.4 Å². The first-order valence-electron chi connectivity index (χ1n) is 5.43. The van der Waals surface area contributed by atoms with Crippen LogP contribution < -0.4 is 10.1 Å². The van der Waals surface area contributed by atoms with Gasteiger partial charge in [0, 0.05) is 20.2 Å². The Morgan fingerprint density at radius 2 is 1.71 bits per heavy atom. The zero-order valence-corrected chi connectivity index (χ0v) is 10.1. The Labute approximate surface area is 99.7 Å². The molecule has 1 rings (SSSR count). The second-order valence-electron chi connectivity index (χ2n) is 3.65. The number of methoxy groups -OCH3 is 1. The Balaban J connectivity index is 2.36. The fourth-order valence-corrected chi connectivity index (χ4v) is 1.35. The molecule has 0 spiro atoms. The fraction of sp³-hybridized carbons (Fsp3) is 0.500. The van der Waals surface area contributed by atoms with E-state index in [2.05, 4.69) is 5.32 Å². The summed E-state index contributed by atoms with van der Waals surface area (Å²) >= 11 is 0. The monoisotopic (exact) mass is 245 g/mol. The molecule has 0 radical (unpaired) electrons. The first kappa shape index (κ1) is 13.9. The molecular weight excluding hydrogens is 228 g/mol. The molecule has 0 aromatic heterocycles. The zero-order chi connectivity index (χ0) is 12.7. The zero-order valence-electron chi connectivity index (χ0n) is 10.1. The van der Waals surface area contributed by atoms with Crippen molar-refractivity contribution in [2.24, 2.45) is 0 Å². The van der Waals surface area contributed by atoms with Gasteiger partial charge in [0.2, 0.25) is 0 Å². The van der Waals surface area contributed by atoms with Crippen LogP contribution in [0, 0.1) is 18.6 Å². The number of ether oxygens (including phenoxy) is 2. The molecule has 0 heterocycles. The molecule has 5 heteroatoms. The lowest BCUT2D eigenvalue weighted by atomic mass is 10.2. The molecule has 0 saturated heterocycles. The number of rotatable bonds is 7. The third kappa shape index (κ3) is 4.66. The molecule has 0 saturated carbocycles. The molecule has 1 aromatic rings. The summed E-state index contributed by atoms with van der Waals surface area (Å²) in [6.07, 6.45) is 0. The largest absolute Gasteiger partial charge is 0.486 e. The maximum Gasteiger partial charge on any atom is 0.190 e. The Hall–Kier alpha value is -1.20. The van der Waals surface area contributed by atoms with E-state index in [0.717, 1.165) is 0 Å². The Morgan fingerprint density at radius 1 is 1.12 bits per heavy atom. The van der Waals surface area contributed by atoms with Gasteiger partial charge >= 0.3 is 0 Å². The van der Waals surface area contributed by atoms with Crippen LogP contribution >= 0.6 is 0 Å². The Kier molecular flexibility index (Phi) is 5.86. The van der Waals surface area contributed by atoms with Gasteiger partial charge in [-0.2, -0.15) is 0 Å². The molecule has 0 bridgehead atoms. The highest BCUT2D eigenvalue weighted by Gasteiger charge is 2.10. The molecule has 0 aliphatic heterocycles. The van der Waals surface area contributed by atoms with E-state index in [0.29, 0.717) is 25.3 Å². The number of aryl methyl sites for hydroxylation is 1. The molecule has 96 valence electrons. The van der Waals surface area contributed by atoms with E-state index >= 15 is 0 Å². The van der Waals surface area contributed by atoms with E-state index in [4.69, 9.17) is 9.47 Å². The van der Waals surface area contributed by atoms with Crippen molar-refractivity contribution in [1.82, 2.24) is 5.32 Å². The van der Waals surface area contributed by atoms with Crippen LogP contribution in [0.1, 0.15) is 5.56 Å². The molecule has 0 aliphatic carbocycles. The average Bonchev–Trinajstić information content (AvgIpc) is 2.26. The van der Waals surface area contributed by atoms with Gasteiger partial charge < -0.3 is 14.8 Å². The lowest BCUT2D eigenvalue weighted by molar-refractivity contribution is 0.196. The number of benzene rings is 1. The van der Waals surface area contributed by atoms with Gasteiger partial charge in [-0.25, -0.2) is 8.78 Å². The highest BCUT2D eigenvalue weighted by molar-refractivity contribution is 5.30. The van der Waals surface area contributed by atoms with E-state index in [1.165, 1.54) is 12.1 Å². The lowest BCUT2D eigenvalue weighted by Crippen LogP contribution is -2.24. The molecule has 0 atom stereocenters. The first-order chi connectivity index (χ1) is 8.15. The van der Waals surface area contributed by atoms with Gasteiger partial charge in [-0.15, -0.1) is 0 Å². The predicted molar refractivity (Wildman–Crippen MR) is 61.3 cm³/mol. The topological polar surface area (TPSA) is 30.5 Å². The van der Waals surface area contributed by atoms with Crippen molar-refractivity contribution >= 4 is 0 Å². The summed E-state index contributed by atoms with van der Waals surface area (Å²) in [4.78, 5) is 0. The Morgan fingerprint density at radius 3 is 2.29 bits per heavy atom. The quantitative estimate of drug-likeness (QED) is 0.744. The van der Waals surface area contributed by atoms with E-state index in [1.54, 1.807) is 14.0 Å². The van der Waals surface area contributed by atoms with Crippen molar-refractivity contribution < 1.29 is 18.3 Å². The summed E-state index contributed by atoms with van der Waals surface area (Å²) in [5, 5.41) is 3.01. The van der Waals surface area contributed by atoms with Crippen molar-refractivity contribution in [3.05, 3.63) is 29.3 Å². The Bertz CT molecular complexity index is 335. The van der Waals surface area contributed by atoms with E-state index in [9.17, 15) is 8.78 Å². The van der Waals surface area contributed by atoms with Crippen LogP contribution in [0.25, 0.3) is 0 Å². The van der Waals surface area contributed by atoms with Gasteiger partial charge in [-0.05, 0) is 24.6 Å². The van der Waals surface area contributed by atoms with Gasteiger partial charge in [0.25, 0.3) is 0 Å². The minimum Gasteiger partial charge on any atom is -0.486 e. The maximum atomic E-state index is 13.3. The smallest absolute Gasteiger partial charge is 0.190 e. The van der Waals surface area contributed by atoms with Crippen molar-refractivity contribution in [2.75, 3.05) is 33.4 Å². The lowest BCUT2D eigenvalue weighted by Gasteiger charge is -2.09. The van der Waals surface area contributed by atoms with E-state index < -0.39 is 11.6 Å². The molecular formula is C12H17F2NO2. The third-order valence-electron chi connectivity index (χ3n) is 2.15. The highest BCUT2D eigenvalue weighted by atomic mass is 19.1. The highest BCUT2D eigenvalue weighted by Crippen LogP contribution is 2.22. The molecule has 17 heavy (non-hydrogen) atoms. The van der Waals surface area contributed by atoms with Crippen molar-refractivity contribution in [1.29, 1.82) is 0 Å². The summed E-state index contributed by atoms with van der Waals surface area (Å²) in [6, 6.07) is 2.49. The number of nitrogens with one attached hydrogen (secondary N) is 1. The first-order valence-corrected chi connectivity index (χ1v) is 5.43. The van der Waals surface area contributed by atoms with Crippen LogP contribution in [0.4, 0.5) is 8.78 Å². The van der Waals surface area contributed by atoms with Crippen LogP contribution in [0.15, 0.2) is 12.1 Å². The fourth-order valence-electron chi connectivity index (χ4n) is 1.35. The minimum absolute atomic E-state index is 0.209. The number of halogens is 2. The summed E-state index contributed by atoms with van der Waals surface area (Å²) in [5.74, 6) is -1.65. The van der Waals surface area contributed by atoms with Gasteiger partial charge in [0.15, 0.2) is 17.4 Å². The van der Waals surface area contributed by atoms with Crippen LogP contribution in [0.2, 0.25) is 0 Å². The van der Waals surface area contributed by atoms with Crippen LogP contribution in [-0.2, 0) is 4.74 Å². The average molecular weight is 245 g/mol. The van der Waals surface area contributed by atoms with Crippen LogP contribution in [0.3, 0.4) is 0 Å². The summed E-state index contributed by atoms with van der Waals surface area (Å²) in [7, 11) is 1.61. The molecule has 0 amide bonds. The number of hydrogen-bond donors (Lipinski definition) is 1. The molecule has 3 nitrogen and oxygen atoms in total. The summed E-state index contributed by atoms with van der Waals surface area (Å²) in [5.41, 5.74) is 0.533. The van der Waals surface area contributed by atoms with Crippen molar-refractivity contribution in [3.8, 4) is 5.75 Å². The third-order valence-corrected chi connectivity index (χ3v) is 2.15. The molecule has 0 fully saturated rings. The standard InChI is InChI=1S/C12H17F2NO2/c1-9-7-10(13)12(11(14)8-9)17-6-4-15-3-5-16-2/h7-8,15H,3-6H2,1-2H3. The summed E-state index contributed by atoms with van der Waals surface area (Å²) in [6.45, 7) is 3.62. The van der Waals surface area contributed by atoms with E-state index in [-0.39, 0.29) is 12.4 Å². The second-order valence-corrected chi connectivity index (χ2v) is 3.65. The predicted octanol–water partition coefficient (Wildman–Crippen LogP) is 1.89. The van der Waals surface area contributed by atoms with Crippen molar-refractivity contribution in [2.45, 2.75) is 6.92 Å². The van der Waals surface area contributed by atoms with Crippen LogP contribution in [0.5, 0.6) is 5.75 Å². The van der Waals surface area contributed by atoms with E-state index in [1.807, 2.05) is 0 Å². The molecule has 0 unspecified atom stereocenters. The van der Waals surface area contributed by atoms with Gasteiger partial charge in [0.05, 0.1) is 6.61 Å². The van der Waals surface area contributed by atoms with Gasteiger partial charge in [-0.1, -0.05) is 0 Å². The normalized spacial score (nSPS) is 10.6. The van der Waals surface area contributed by atoms with Crippen molar-refractivity contribution in [3.63, 3.8) is 0 Å². The molecule has 0 aliphatic rings. The van der Waals surface area contributed by atoms with Gasteiger partial charge in [0.1, 0.15) is 6.61 Å². The maximum absolute atomic E-state index is 13.3.